The molecule has 2 amide bonds. The van der Waals surface area contributed by atoms with E-state index in [2.05, 4.69) is 25.8 Å². The summed E-state index contributed by atoms with van der Waals surface area (Å²) in [5, 5.41) is 13.5. The van der Waals surface area contributed by atoms with E-state index in [1.807, 2.05) is 13.0 Å². The molecule has 0 saturated carbocycles. The van der Waals surface area contributed by atoms with Gasteiger partial charge in [-0.1, -0.05) is 23.4 Å². The van der Waals surface area contributed by atoms with Gasteiger partial charge in [-0.05, 0) is 49.7 Å². The number of amides is 2. The lowest BCUT2D eigenvalue weighted by molar-refractivity contribution is -0.114. The molecule has 3 aromatic rings. The van der Waals surface area contributed by atoms with Crippen molar-refractivity contribution < 1.29 is 14.0 Å². The molecule has 0 radical (unpaired) electrons. The number of thioether (sulfide) groups is 1. The second-order valence-electron chi connectivity index (χ2n) is 6.83. The Labute approximate surface area is 181 Å². The number of rotatable bonds is 6. The van der Waals surface area contributed by atoms with Gasteiger partial charge in [0.1, 0.15) is 5.82 Å². The van der Waals surface area contributed by atoms with Gasteiger partial charge in [-0.3, -0.25) is 19.4 Å². The van der Waals surface area contributed by atoms with E-state index in [4.69, 9.17) is 0 Å². The number of anilines is 2. The summed E-state index contributed by atoms with van der Waals surface area (Å²) >= 11 is 1.01. The summed E-state index contributed by atoms with van der Waals surface area (Å²) in [5.74, 6) is -1.02. The lowest BCUT2D eigenvalue weighted by atomic mass is 10.1. The minimum absolute atomic E-state index is 0.0254. The minimum Gasteiger partial charge on any atom is -0.326 e. The fourth-order valence-electron chi connectivity index (χ4n) is 2.80. The van der Waals surface area contributed by atoms with Crippen LogP contribution in [0.2, 0.25) is 0 Å². The Hall–Kier alpha value is -3.53. The molecule has 0 unspecified atom stereocenters. The maximum Gasteiger partial charge on any atom is 0.278 e. The zero-order valence-corrected chi connectivity index (χ0v) is 17.9. The Balaban J connectivity index is 1.73. The van der Waals surface area contributed by atoms with Crippen LogP contribution < -0.4 is 16.2 Å². The smallest absolute Gasteiger partial charge is 0.278 e. The Kier molecular flexibility index (Phi) is 6.81. The topological polar surface area (TPSA) is 117 Å². The van der Waals surface area contributed by atoms with Gasteiger partial charge in [-0.15, -0.1) is 10.2 Å². The number of aromatic nitrogens is 3. The molecule has 2 aromatic carbocycles. The Bertz CT molecular complexity index is 1210. The van der Waals surface area contributed by atoms with Gasteiger partial charge < -0.3 is 10.6 Å². The minimum atomic E-state index is -0.496. The predicted octanol–water partition coefficient (Wildman–Crippen LogP) is 3.28. The average Bonchev–Trinajstić information content (AvgIpc) is 2.70. The van der Waals surface area contributed by atoms with Crippen molar-refractivity contribution in [3.63, 3.8) is 0 Å². The van der Waals surface area contributed by atoms with E-state index in [9.17, 15) is 18.8 Å². The number of hydrogen-bond acceptors (Lipinski definition) is 6. The molecule has 3 N–H and O–H groups in total. The second kappa shape index (κ2) is 9.52. The third kappa shape index (κ3) is 5.76. The molecule has 10 heteroatoms. The third-order valence-corrected chi connectivity index (χ3v) is 5.08. The molecule has 8 nitrogen and oxygen atoms in total. The highest BCUT2D eigenvalue weighted by Crippen LogP contribution is 2.26. The van der Waals surface area contributed by atoms with Crippen molar-refractivity contribution in [1.29, 1.82) is 0 Å². The molecule has 0 fully saturated rings. The lowest BCUT2D eigenvalue weighted by Crippen LogP contribution is -2.18. The van der Waals surface area contributed by atoms with Crippen LogP contribution in [0.4, 0.5) is 15.8 Å². The lowest BCUT2D eigenvalue weighted by Gasteiger charge is -2.10. The van der Waals surface area contributed by atoms with Crippen LogP contribution in [0, 0.1) is 19.7 Å². The molecule has 0 aliphatic carbocycles. The molecule has 1 heterocycles. The van der Waals surface area contributed by atoms with E-state index in [0.717, 1.165) is 17.3 Å². The molecule has 3 rings (SSSR count). The fraction of sp³-hybridized carbons (Fsp3) is 0.190. The Morgan fingerprint density at radius 3 is 2.48 bits per heavy atom. The number of carbonyl (C=O) groups is 2. The summed E-state index contributed by atoms with van der Waals surface area (Å²) in [6, 6.07) is 9.30. The van der Waals surface area contributed by atoms with Gasteiger partial charge in [0.15, 0.2) is 10.9 Å². The first-order valence-electron chi connectivity index (χ1n) is 9.27. The van der Waals surface area contributed by atoms with Gasteiger partial charge >= 0.3 is 0 Å². The Morgan fingerprint density at radius 2 is 1.81 bits per heavy atom. The van der Waals surface area contributed by atoms with Crippen molar-refractivity contribution in [3.8, 4) is 11.3 Å². The summed E-state index contributed by atoms with van der Waals surface area (Å²) in [5.41, 5.74) is 2.46. The molecule has 0 bridgehead atoms. The first-order valence-corrected chi connectivity index (χ1v) is 10.3. The SMILES string of the molecule is CC(=O)Nc1ccc(C)cc1-c1nnc(SCC(=O)Nc2ccc(F)cc2C)[nH]c1=O. The zero-order valence-electron chi connectivity index (χ0n) is 17.1. The number of nitrogens with zero attached hydrogens (tertiary/aromatic N) is 2. The number of carbonyl (C=O) groups excluding carboxylic acids is 2. The molecule has 0 aliphatic rings. The number of H-pyrrole nitrogens is 1. The first-order chi connectivity index (χ1) is 14.7. The first kappa shape index (κ1) is 22.2. The van der Waals surface area contributed by atoms with Gasteiger partial charge in [-0.2, -0.15) is 0 Å². The van der Waals surface area contributed by atoms with E-state index < -0.39 is 5.56 Å². The van der Waals surface area contributed by atoms with Crippen molar-refractivity contribution in [2.24, 2.45) is 0 Å². The van der Waals surface area contributed by atoms with Gasteiger partial charge in [-0.25, -0.2) is 4.39 Å². The summed E-state index contributed by atoms with van der Waals surface area (Å²) in [6.07, 6.45) is 0. The van der Waals surface area contributed by atoms with Crippen LogP contribution in [0.1, 0.15) is 18.1 Å². The van der Waals surface area contributed by atoms with Gasteiger partial charge in [0.05, 0.1) is 11.4 Å². The van der Waals surface area contributed by atoms with Crippen LogP contribution in [0.5, 0.6) is 0 Å². The van der Waals surface area contributed by atoms with Crippen LogP contribution in [0.25, 0.3) is 11.3 Å². The standard InChI is InChI=1S/C21H20FN5O3S/c1-11-4-6-17(23-13(3)28)15(8-11)19-20(30)25-21(27-26-19)31-10-18(29)24-16-7-5-14(22)9-12(16)2/h4-9H,10H2,1-3H3,(H,23,28)(H,24,29)(H,25,27,30). The van der Waals surface area contributed by atoms with Crippen molar-refractivity contribution in [3.05, 3.63) is 63.7 Å². The van der Waals surface area contributed by atoms with E-state index in [1.54, 1.807) is 19.1 Å². The van der Waals surface area contributed by atoms with Gasteiger partial charge in [0.25, 0.3) is 5.56 Å². The average molecular weight is 441 g/mol. The van der Waals surface area contributed by atoms with E-state index in [-0.39, 0.29) is 34.2 Å². The quantitative estimate of drug-likeness (QED) is 0.506. The summed E-state index contributed by atoms with van der Waals surface area (Å²) in [6.45, 7) is 4.92. The molecule has 0 saturated heterocycles. The molecule has 31 heavy (non-hydrogen) atoms. The molecular formula is C21H20FN5O3S. The van der Waals surface area contributed by atoms with E-state index in [1.165, 1.54) is 25.1 Å². The summed E-state index contributed by atoms with van der Waals surface area (Å²) in [7, 11) is 0. The molecular weight excluding hydrogens is 421 g/mol. The third-order valence-electron chi connectivity index (χ3n) is 4.22. The molecule has 1 aromatic heterocycles. The number of aryl methyl sites for hydroxylation is 2. The Morgan fingerprint density at radius 1 is 1.06 bits per heavy atom. The molecule has 160 valence electrons. The summed E-state index contributed by atoms with van der Waals surface area (Å²) < 4.78 is 13.2. The normalized spacial score (nSPS) is 10.6. The van der Waals surface area contributed by atoms with Crippen molar-refractivity contribution >= 4 is 35.0 Å². The monoisotopic (exact) mass is 441 g/mol. The highest BCUT2D eigenvalue weighted by Gasteiger charge is 2.15. The number of halogens is 1. The number of aromatic amines is 1. The van der Waals surface area contributed by atoms with Gasteiger partial charge in [0.2, 0.25) is 11.8 Å². The molecule has 0 atom stereocenters. The predicted molar refractivity (Wildman–Crippen MR) is 118 cm³/mol. The van der Waals surface area contributed by atoms with Crippen molar-refractivity contribution in [2.45, 2.75) is 25.9 Å². The van der Waals surface area contributed by atoms with Crippen LogP contribution in [-0.4, -0.2) is 32.7 Å². The van der Waals surface area contributed by atoms with Crippen molar-refractivity contribution in [1.82, 2.24) is 15.2 Å². The van der Waals surface area contributed by atoms with Crippen molar-refractivity contribution in [2.75, 3.05) is 16.4 Å². The second-order valence-corrected chi connectivity index (χ2v) is 7.80. The van der Waals surface area contributed by atoms with Crippen LogP contribution in [0.15, 0.2) is 46.3 Å². The van der Waals surface area contributed by atoms with Crippen LogP contribution in [-0.2, 0) is 9.59 Å². The number of nitrogens with one attached hydrogen (secondary N) is 3. The molecule has 0 aliphatic heterocycles. The van der Waals surface area contributed by atoms with E-state index >= 15 is 0 Å². The summed E-state index contributed by atoms with van der Waals surface area (Å²) in [4.78, 5) is 38.8. The van der Waals surface area contributed by atoms with Crippen LogP contribution in [0.3, 0.4) is 0 Å². The van der Waals surface area contributed by atoms with Crippen LogP contribution >= 0.6 is 11.8 Å². The number of hydrogen-bond donors (Lipinski definition) is 3. The largest absolute Gasteiger partial charge is 0.326 e. The maximum atomic E-state index is 13.2. The highest BCUT2D eigenvalue weighted by atomic mass is 32.2. The number of benzene rings is 2. The van der Waals surface area contributed by atoms with Gasteiger partial charge in [0, 0.05) is 18.2 Å². The highest BCUT2D eigenvalue weighted by molar-refractivity contribution is 7.99. The maximum absolute atomic E-state index is 13.2. The fourth-order valence-corrected chi connectivity index (χ4v) is 3.41. The zero-order chi connectivity index (χ0) is 22.5. The van der Waals surface area contributed by atoms with E-state index in [0.29, 0.717) is 22.5 Å². The molecule has 0 spiro atoms.